The van der Waals surface area contributed by atoms with Crippen molar-refractivity contribution in [2.75, 3.05) is 6.54 Å². The van der Waals surface area contributed by atoms with Gasteiger partial charge in [0.1, 0.15) is 0 Å². The van der Waals surface area contributed by atoms with E-state index in [-0.39, 0.29) is 0 Å². The predicted octanol–water partition coefficient (Wildman–Crippen LogP) is 4.38. The molecule has 1 heterocycles. The molecule has 0 saturated heterocycles. The Labute approximate surface area is 129 Å². The maximum atomic E-state index is 5.57. The van der Waals surface area contributed by atoms with Gasteiger partial charge in [0.15, 0.2) is 0 Å². The third-order valence-corrected chi connectivity index (χ3v) is 5.96. The molecule has 1 aromatic carbocycles. The minimum Gasteiger partial charge on any atom is -0.372 e. The van der Waals surface area contributed by atoms with E-state index in [1.54, 1.807) is 0 Å². The van der Waals surface area contributed by atoms with Crippen molar-refractivity contribution in [3.05, 3.63) is 34.9 Å². The molecule has 0 spiro atoms. The Balaban J connectivity index is 1.82. The lowest BCUT2D eigenvalue weighted by Crippen LogP contribution is -2.58. The molecule has 2 aliphatic rings. The van der Waals surface area contributed by atoms with Gasteiger partial charge in [-0.05, 0) is 60.3 Å². The van der Waals surface area contributed by atoms with Gasteiger partial charge in [0, 0.05) is 6.04 Å². The molecular formula is C19H29NO. The van der Waals surface area contributed by atoms with Crippen LogP contribution in [0.4, 0.5) is 0 Å². The number of ether oxygens (including phenoxy) is 1. The van der Waals surface area contributed by atoms with Crippen LogP contribution in [0.5, 0.6) is 0 Å². The summed E-state index contributed by atoms with van der Waals surface area (Å²) in [6, 6.07) is 7.76. The second-order valence-electron chi connectivity index (χ2n) is 6.76. The third-order valence-electron chi connectivity index (χ3n) is 5.96. The molecule has 2 nitrogen and oxygen atoms in total. The molecule has 2 heteroatoms. The molecule has 116 valence electrons. The van der Waals surface area contributed by atoms with Crippen molar-refractivity contribution in [2.24, 2.45) is 5.41 Å². The summed E-state index contributed by atoms with van der Waals surface area (Å²) in [7, 11) is 0. The molecule has 3 rings (SSSR count). The van der Waals surface area contributed by atoms with Gasteiger partial charge in [-0.15, -0.1) is 0 Å². The standard InChI is InChI=1S/C19H29NO/c1-4-9-20-18-11-17(19(18,5-2)6-3)14-7-8-15-12-21-13-16(15)10-14/h7-8,10,17-18,20H,4-6,9,11-13H2,1-3H3. The van der Waals surface area contributed by atoms with Crippen LogP contribution >= 0.6 is 0 Å². The summed E-state index contributed by atoms with van der Waals surface area (Å²) in [5.74, 6) is 0.716. The molecule has 1 aliphatic carbocycles. The molecule has 2 atom stereocenters. The first-order chi connectivity index (χ1) is 10.2. The first-order valence-electron chi connectivity index (χ1n) is 8.68. The predicted molar refractivity (Wildman–Crippen MR) is 87.4 cm³/mol. The summed E-state index contributed by atoms with van der Waals surface area (Å²) in [5.41, 5.74) is 4.79. The van der Waals surface area contributed by atoms with Gasteiger partial charge in [-0.3, -0.25) is 0 Å². The number of hydrogen-bond donors (Lipinski definition) is 1. The number of rotatable bonds is 6. The fraction of sp³-hybridized carbons (Fsp3) is 0.684. The van der Waals surface area contributed by atoms with Crippen LogP contribution in [0, 0.1) is 5.41 Å². The van der Waals surface area contributed by atoms with E-state index in [1.165, 1.54) is 42.4 Å². The molecule has 1 fully saturated rings. The second kappa shape index (κ2) is 6.10. The SMILES string of the molecule is CCCNC1CC(c2ccc3c(c2)COC3)C1(CC)CC. The monoisotopic (exact) mass is 287 g/mol. The van der Waals surface area contributed by atoms with Gasteiger partial charge in [0.25, 0.3) is 0 Å². The van der Waals surface area contributed by atoms with Crippen molar-refractivity contribution in [3.8, 4) is 0 Å². The average Bonchev–Trinajstić information content (AvgIpc) is 2.95. The Morgan fingerprint density at radius 2 is 1.90 bits per heavy atom. The number of nitrogens with one attached hydrogen (secondary N) is 1. The van der Waals surface area contributed by atoms with E-state index in [0.29, 0.717) is 17.4 Å². The molecule has 0 bridgehead atoms. The van der Waals surface area contributed by atoms with Crippen molar-refractivity contribution in [1.29, 1.82) is 0 Å². The number of hydrogen-bond acceptors (Lipinski definition) is 2. The zero-order chi connectivity index (χ0) is 14.9. The maximum absolute atomic E-state index is 5.57. The van der Waals surface area contributed by atoms with Gasteiger partial charge >= 0.3 is 0 Å². The van der Waals surface area contributed by atoms with Gasteiger partial charge < -0.3 is 10.1 Å². The number of benzene rings is 1. The zero-order valence-electron chi connectivity index (χ0n) is 13.7. The molecule has 1 aromatic rings. The van der Waals surface area contributed by atoms with Crippen LogP contribution in [0.2, 0.25) is 0 Å². The average molecular weight is 287 g/mol. The lowest BCUT2D eigenvalue weighted by Gasteiger charge is -2.57. The molecular weight excluding hydrogens is 258 g/mol. The minimum absolute atomic E-state index is 0.447. The van der Waals surface area contributed by atoms with Crippen LogP contribution in [-0.4, -0.2) is 12.6 Å². The summed E-state index contributed by atoms with van der Waals surface area (Å²) < 4.78 is 5.57. The summed E-state index contributed by atoms with van der Waals surface area (Å²) in [6.45, 7) is 9.74. The van der Waals surface area contributed by atoms with Crippen LogP contribution in [0.3, 0.4) is 0 Å². The Morgan fingerprint density at radius 3 is 2.62 bits per heavy atom. The fourth-order valence-electron chi connectivity index (χ4n) is 4.50. The highest BCUT2D eigenvalue weighted by molar-refractivity contribution is 5.37. The van der Waals surface area contributed by atoms with Crippen LogP contribution in [0.1, 0.15) is 69.1 Å². The second-order valence-corrected chi connectivity index (χ2v) is 6.76. The van der Waals surface area contributed by atoms with Crippen LogP contribution in [0.25, 0.3) is 0 Å². The first kappa shape index (κ1) is 15.1. The van der Waals surface area contributed by atoms with Crippen LogP contribution in [0.15, 0.2) is 18.2 Å². The Morgan fingerprint density at radius 1 is 1.14 bits per heavy atom. The Hall–Kier alpha value is -0.860. The highest BCUT2D eigenvalue weighted by Crippen LogP contribution is 2.57. The smallest absolute Gasteiger partial charge is 0.0725 e. The highest BCUT2D eigenvalue weighted by Gasteiger charge is 2.52. The van der Waals surface area contributed by atoms with Crippen molar-refractivity contribution in [3.63, 3.8) is 0 Å². The molecule has 1 aliphatic heterocycles. The van der Waals surface area contributed by atoms with Crippen molar-refractivity contribution >= 4 is 0 Å². The van der Waals surface area contributed by atoms with Crippen molar-refractivity contribution in [1.82, 2.24) is 5.32 Å². The summed E-state index contributed by atoms with van der Waals surface area (Å²) >= 11 is 0. The lowest BCUT2D eigenvalue weighted by molar-refractivity contribution is 0.0201. The largest absolute Gasteiger partial charge is 0.372 e. The van der Waals surface area contributed by atoms with Crippen LogP contribution in [-0.2, 0) is 18.0 Å². The van der Waals surface area contributed by atoms with E-state index < -0.39 is 0 Å². The van der Waals surface area contributed by atoms with Crippen molar-refractivity contribution < 1.29 is 4.74 Å². The van der Waals surface area contributed by atoms with Crippen LogP contribution < -0.4 is 5.32 Å². The fourth-order valence-corrected chi connectivity index (χ4v) is 4.50. The molecule has 0 radical (unpaired) electrons. The minimum atomic E-state index is 0.447. The van der Waals surface area contributed by atoms with E-state index in [2.05, 4.69) is 44.3 Å². The van der Waals surface area contributed by atoms with Crippen molar-refractivity contribution in [2.45, 2.75) is 71.6 Å². The third kappa shape index (κ3) is 2.43. The zero-order valence-corrected chi connectivity index (χ0v) is 13.7. The quantitative estimate of drug-likeness (QED) is 0.838. The molecule has 1 saturated carbocycles. The highest BCUT2D eigenvalue weighted by atomic mass is 16.5. The normalized spacial score (nSPS) is 26.4. The van der Waals surface area contributed by atoms with E-state index in [1.807, 2.05) is 0 Å². The van der Waals surface area contributed by atoms with Gasteiger partial charge in [-0.1, -0.05) is 39.0 Å². The molecule has 1 N–H and O–H groups in total. The first-order valence-corrected chi connectivity index (χ1v) is 8.68. The molecule has 0 aromatic heterocycles. The van der Waals surface area contributed by atoms with Gasteiger partial charge in [-0.25, -0.2) is 0 Å². The molecule has 0 amide bonds. The topological polar surface area (TPSA) is 21.3 Å². The van der Waals surface area contributed by atoms with E-state index >= 15 is 0 Å². The van der Waals surface area contributed by atoms with E-state index in [0.717, 1.165) is 19.8 Å². The summed E-state index contributed by atoms with van der Waals surface area (Å²) in [4.78, 5) is 0. The summed E-state index contributed by atoms with van der Waals surface area (Å²) in [6.07, 6.45) is 5.05. The van der Waals surface area contributed by atoms with E-state index in [9.17, 15) is 0 Å². The molecule has 21 heavy (non-hydrogen) atoms. The molecule has 2 unspecified atom stereocenters. The Kier molecular flexibility index (Phi) is 4.37. The van der Waals surface area contributed by atoms with Gasteiger partial charge in [-0.2, -0.15) is 0 Å². The Bertz CT molecular complexity index is 492. The number of fused-ring (bicyclic) bond motifs is 1. The van der Waals surface area contributed by atoms with Gasteiger partial charge in [0.05, 0.1) is 13.2 Å². The summed E-state index contributed by atoms with van der Waals surface area (Å²) in [5, 5.41) is 3.79. The lowest BCUT2D eigenvalue weighted by atomic mass is 9.51. The van der Waals surface area contributed by atoms with E-state index in [4.69, 9.17) is 4.74 Å². The van der Waals surface area contributed by atoms with Gasteiger partial charge in [0.2, 0.25) is 0 Å². The maximum Gasteiger partial charge on any atom is 0.0725 e.